The van der Waals surface area contributed by atoms with Crippen LogP contribution in [0, 0.1) is 0 Å². The summed E-state index contributed by atoms with van der Waals surface area (Å²) in [5, 5.41) is 0. The lowest BCUT2D eigenvalue weighted by molar-refractivity contribution is 0.398. The molecule has 0 saturated heterocycles. The highest BCUT2D eigenvalue weighted by atomic mass is 32.2. The van der Waals surface area contributed by atoms with E-state index >= 15 is 0 Å². The van der Waals surface area contributed by atoms with Gasteiger partial charge in [-0.1, -0.05) is 24.3 Å². The first kappa shape index (κ1) is 14.5. The third-order valence-electron chi connectivity index (χ3n) is 2.35. The lowest BCUT2D eigenvalue weighted by Gasteiger charge is -2.20. The average molecular weight is 267 g/mol. The first-order valence-electron chi connectivity index (χ1n) is 5.43. The van der Waals surface area contributed by atoms with Crippen LogP contribution in [-0.4, -0.2) is 32.9 Å². The summed E-state index contributed by atoms with van der Waals surface area (Å²) in [7, 11) is -2.16. The van der Waals surface area contributed by atoms with Gasteiger partial charge in [-0.05, 0) is 12.1 Å². The molecule has 0 amide bonds. The molecule has 0 saturated carbocycles. The van der Waals surface area contributed by atoms with E-state index in [1.54, 1.807) is 18.2 Å². The smallest absolute Gasteiger partial charge is 0.247 e. The molecular weight excluding hydrogens is 250 g/mol. The zero-order chi connectivity index (χ0) is 13.6. The van der Waals surface area contributed by atoms with Gasteiger partial charge in [0.2, 0.25) is 10.0 Å². The monoisotopic (exact) mass is 267 g/mol. The summed E-state index contributed by atoms with van der Waals surface area (Å²) < 4.78 is 31.2. The highest BCUT2D eigenvalue weighted by Gasteiger charge is 2.25. The Labute approximate surface area is 108 Å². The van der Waals surface area contributed by atoms with Crippen LogP contribution >= 0.6 is 0 Å². The Kier molecular flexibility index (Phi) is 5.12. The molecule has 0 aliphatic heterocycles. The van der Waals surface area contributed by atoms with Crippen molar-refractivity contribution in [1.82, 2.24) is 4.31 Å². The molecule has 5 heteroatoms. The van der Waals surface area contributed by atoms with Gasteiger partial charge in [-0.3, -0.25) is 0 Å². The van der Waals surface area contributed by atoms with Crippen molar-refractivity contribution >= 4 is 10.0 Å². The molecule has 4 nitrogen and oxygen atoms in total. The molecule has 1 rings (SSSR count). The van der Waals surface area contributed by atoms with Crippen LogP contribution in [0.3, 0.4) is 0 Å². The molecule has 0 spiro atoms. The molecule has 0 radical (unpaired) electrons. The fourth-order valence-electron chi connectivity index (χ4n) is 1.53. The molecule has 0 unspecified atom stereocenters. The van der Waals surface area contributed by atoms with Gasteiger partial charge in [0.1, 0.15) is 10.6 Å². The third kappa shape index (κ3) is 3.00. The first-order valence-corrected chi connectivity index (χ1v) is 6.87. The van der Waals surface area contributed by atoms with E-state index in [0.29, 0.717) is 5.75 Å². The van der Waals surface area contributed by atoms with Gasteiger partial charge in [-0.15, -0.1) is 13.2 Å². The lowest BCUT2D eigenvalue weighted by Crippen LogP contribution is -2.31. The maximum atomic E-state index is 12.4. The quantitative estimate of drug-likeness (QED) is 0.710. The number of rotatable bonds is 7. The van der Waals surface area contributed by atoms with Gasteiger partial charge in [-0.25, -0.2) is 8.42 Å². The highest BCUT2D eigenvalue weighted by molar-refractivity contribution is 7.89. The maximum Gasteiger partial charge on any atom is 0.247 e. The second-order valence-electron chi connectivity index (χ2n) is 3.55. The van der Waals surface area contributed by atoms with E-state index < -0.39 is 10.0 Å². The highest BCUT2D eigenvalue weighted by Crippen LogP contribution is 2.26. The fourth-order valence-corrected chi connectivity index (χ4v) is 3.07. The van der Waals surface area contributed by atoms with E-state index in [0.717, 1.165) is 0 Å². The number of hydrogen-bond donors (Lipinski definition) is 0. The molecule has 18 heavy (non-hydrogen) atoms. The zero-order valence-corrected chi connectivity index (χ0v) is 11.2. The van der Waals surface area contributed by atoms with E-state index in [1.165, 1.54) is 29.6 Å². The van der Waals surface area contributed by atoms with Crippen molar-refractivity contribution in [2.45, 2.75) is 4.90 Å². The van der Waals surface area contributed by atoms with Gasteiger partial charge in [0, 0.05) is 13.1 Å². The normalized spacial score (nSPS) is 11.2. The number of methoxy groups -OCH3 is 1. The van der Waals surface area contributed by atoms with Crippen molar-refractivity contribution in [1.29, 1.82) is 0 Å². The van der Waals surface area contributed by atoms with Crippen LogP contribution in [0.2, 0.25) is 0 Å². The van der Waals surface area contributed by atoms with Crippen LogP contribution in [-0.2, 0) is 10.0 Å². The average Bonchev–Trinajstić information content (AvgIpc) is 2.38. The van der Waals surface area contributed by atoms with Crippen LogP contribution < -0.4 is 4.74 Å². The molecule has 0 N–H and O–H groups in total. The Morgan fingerprint density at radius 2 is 1.78 bits per heavy atom. The second kappa shape index (κ2) is 6.37. The van der Waals surface area contributed by atoms with Crippen LogP contribution in [0.25, 0.3) is 0 Å². The molecule has 1 aromatic rings. The largest absolute Gasteiger partial charge is 0.495 e. The molecule has 0 aliphatic rings. The minimum absolute atomic E-state index is 0.149. The van der Waals surface area contributed by atoms with Crippen molar-refractivity contribution in [2.75, 3.05) is 20.2 Å². The third-order valence-corrected chi connectivity index (χ3v) is 4.22. The predicted octanol–water partition coefficient (Wildman–Crippen LogP) is 2.06. The summed E-state index contributed by atoms with van der Waals surface area (Å²) in [6.45, 7) is 7.58. The van der Waals surface area contributed by atoms with E-state index in [-0.39, 0.29) is 18.0 Å². The van der Waals surface area contributed by atoms with Crippen molar-refractivity contribution in [3.05, 3.63) is 49.6 Å². The molecular formula is C13H17NO3S. The molecule has 0 heterocycles. The molecule has 0 atom stereocenters. The summed E-state index contributed by atoms with van der Waals surface area (Å²) in [5.74, 6) is 0.329. The summed E-state index contributed by atoms with van der Waals surface area (Å²) in [5.41, 5.74) is 0. The molecule has 0 aliphatic carbocycles. The Morgan fingerprint density at radius 1 is 1.22 bits per heavy atom. The van der Waals surface area contributed by atoms with Gasteiger partial charge in [-0.2, -0.15) is 4.31 Å². The second-order valence-corrected chi connectivity index (χ2v) is 5.46. The van der Waals surface area contributed by atoms with Crippen LogP contribution in [0.15, 0.2) is 54.5 Å². The predicted molar refractivity (Wildman–Crippen MR) is 72.1 cm³/mol. The van der Waals surface area contributed by atoms with Crippen LogP contribution in [0.5, 0.6) is 5.75 Å². The van der Waals surface area contributed by atoms with Crippen molar-refractivity contribution < 1.29 is 13.2 Å². The van der Waals surface area contributed by atoms with Gasteiger partial charge in [0.05, 0.1) is 7.11 Å². The number of para-hydroxylation sites is 1. The van der Waals surface area contributed by atoms with Crippen LogP contribution in [0.4, 0.5) is 0 Å². The minimum Gasteiger partial charge on any atom is -0.495 e. The van der Waals surface area contributed by atoms with Crippen molar-refractivity contribution in [3.63, 3.8) is 0 Å². The zero-order valence-electron chi connectivity index (χ0n) is 10.4. The first-order chi connectivity index (χ1) is 8.57. The molecule has 1 aromatic carbocycles. The van der Waals surface area contributed by atoms with E-state index in [9.17, 15) is 8.42 Å². The molecule has 98 valence electrons. The van der Waals surface area contributed by atoms with Crippen LogP contribution in [0.1, 0.15) is 0 Å². The standard InChI is InChI=1S/C13H17NO3S/c1-4-10-14(11-5-2)18(15,16)13-9-7-6-8-12(13)17-3/h4-9H,1-2,10-11H2,3H3. The van der Waals surface area contributed by atoms with Crippen molar-refractivity contribution in [3.8, 4) is 5.75 Å². The summed E-state index contributed by atoms with van der Waals surface area (Å²) in [6.07, 6.45) is 3.08. The Morgan fingerprint density at radius 3 is 2.28 bits per heavy atom. The van der Waals surface area contributed by atoms with E-state index in [4.69, 9.17) is 4.74 Å². The van der Waals surface area contributed by atoms with Gasteiger partial charge in [0.25, 0.3) is 0 Å². The number of nitrogens with zero attached hydrogens (tertiary/aromatic N) is 1. The fraction of sp³-hybridized carbons (Fsp3) is 0.231. The van der Waals surface area contributed by atoms with Crippen molar-refractivity contribution in [2.24, 2.45) is 0 Å². The SMILES string of the molecule is C=CCN(CC=C)S(=O)(=O)c1ccccc1OC. The molecule has 0 fully saturated rings. The number of sulfonamides is 1. The topological polar surface area (TPSA) is 46.6 Å². The molecule has 0 bridgehead atoms. The summed E-state index contributed by atoms with van der Waals surface area (Å²) >= 11 is 0. The number of benzene rings is 1. The van der Waals surface area contributed by atoms with E-state index in [2.05, 4.69) is 13.2 Å². The molecule has 0 aromatic heterocycles. The Bertz CT molecular complexity index is 513. The summed E-state index contributed by atoms with van der Waals surface area (Å²) in [4.78, 5) is 0.149. The van der Waals surface area contributed by atoms with E-state index in [1.807, 2.05) is 0 Å². The van der Waals surface area contributed by atoms with Gasteiger partial charge >= 0.3 is 0 Å². The minimum atomic E-state index is -3.60. The Balaban J connectivity index is 3.25. The number of ether oxygens (including phenoxy) is 1. The lowest BCUT2D eigenvalue weighted by atomic mass is 10.3. The maximum absolute atomic E-state index is 12.4. The number of hydrogen-bond acceptors (Lipinski definition) is 3. The van der Waals surface area contributed by atoms with Gasteiger partial charge < -0.3 is 4.74 Å². The van der Waals surface area contributed by atoms with Gasteiger partial charge in [0.15, 0.2) is 0 Å². The summed E-state index contributed by atoms with van der Waals surface area (Å²) in [6, 6.07) is 6.53. The Hall–Kier alpha value is -1.59.